The van der Waals surface area contributed by atoms with Crippen LogP contribution in [0.2, 0.25) is 39.3 Å². The molecule has 128 valence electrons. The monoisotopic (exact) mass is 357 g/mol. The van der Waals surface area contributed by atoms with Gasteiger partial charge < -0.3 is 10.1 Å². The quantitative estimate of drug-likeness (QED) is 0.510. The third kappa shape index (κ3) is 4.26. The Bertz CT molecular complexity index is 744. The molecule has 1 aliphatic heterocycles. The minimum Gasteiger partial charge on any atom is -0.372 e. The molecule has 1 aromatic carbocycles. The molecule has 0 aliphatic carbocycles. The minimum absolute atomic E-state index is 0.183. The van der Waals surface area contributed by atoms with Gasteiger partial charge in [-0.2, -0.15) is 0 Å². The number of hydrogen-bond acceptors (Lipinski definition) is 2. The molecule has 1 N–H and O–H groups in total. The van der Waals surface area contributed by atoms with Crippen molar-refractivity contribution in [2.75, 3.05) is 5.32 Å². The van der Waals surface area contributed by atoms with Crippen molar-refractivity contribution < 1.29 is 9.53 Å². The molecule has 0 radical (unpaired) electrons. The number of amides is 1. The van der Waals surface area contributed by atoms with Gasteiger partial charge in [0.05, 0.1) is 21.3 Å². The predicted molar refractivity (Wildman–Crippen MR) is 107 cm³/mol. The van der Waals surface area contributed by atoms with Gasteiger partial charge in [0.2, 0.25) is 5.91 Å². The summed E-state index contributed by atoms with van der Waals surface area (Å²) in [4.78, 5) is 11.9. The van der Waals surface area contributed by atoms with Crippen molar-refractivity contribution in [1.82, 2.24) is 0 Å². The summed E-state index contributed by atoms with van der Waals surface area (Å²) >= 11 is 0. The van der Waals surface area contributed by atoms with E-state index >= 15 is 0 Å². The van der Waals surface area contributed by atoms with Gasteiger partial charge in [-0.3, -0.25) is 4.79 Å². The Morgan fingerprint density at radius 3 is 2.46 bits per heavy atom. The highest BCUT2D eigenvalue weighted by atomic mass is 28.3. The van der Waals surface area contributed by atoms with E-state index in [0.29, 0.717) is 13.2 Å². The summed E-state index contributed by atoms with van der Waals surface area (Å²) in [6.07, 6.45) is 1.31. The molecule has 1 amide bonds. The fourth-order valence-corrected chi connectivity index (χ4v) is 5.19. The van der Waals surface area contributed by atoms with Gasteiger partial charge in [-0.25, -0.2) is 0 Å². The molecular weight excluding hydrogens is 330 g/mol. The topological polar surface area (TPSA) is 38.3 Å². The van der Waals surface area contributed by atoms with Crippen LogP contribution in [0, 0.1) is 11.5 Å². The number of fused-ring (bicyclic) bond motifs is 1. The molecule has 0 saturated carbocycles. The number of anilines is 1. The maximum atomic E-state index is 11.9. The Labute approximate surface area is 147 Å². The first-order valence-electron chi connectivity index (χ1n) is 8.26. The third-order valence-corrected chi connectivity index (χ3v) is 6.68. The van der Waals surface area contributed by atoms with Crippen LogP contribution in [0.3, 0.4) is 0 Å². The average molecular weight is 358 g/mol. The van der Waals surface area contributed by atoms with Gasteiger partial charge in [0.1, 0.15) is 8.07 Å². The second-order valence-corrected chi connectivity index (χ2v) is 18.0. The molecule has 0 unspecified atom stereocenters. The summed E-state index contributed by atoms with van der Waals surface area (Å²) in [5.41, 5.74) is 7.80. The summed E-state index contributed by atoms with van der Waals surface area (Å²) in [5.74, 6) is 3.30. The zero-order valence-electron chi connectivity index (χ0n) is 15.6. The minimum atomic E-state index is -1.73. The smallest absolute Gasteiger partial charge is 0.247 e. The summed E-state index contributed by atoms with van der Waals surface area (Å²) < 4.78 is 5.67. The van der Waals surface area contributed by atoms with Crippen molar-refractivity contribution >= 4 is 32.9 Å². The Balaban J connectivity index is 2.75. The normalized spacial score (nSPS) is 13.8. The van der Waals surface area contributed by atoms with E-state index in [-0.39, 0.29) is 5.91 Å². The van der Waals surface area contributed by atoms with Crippen molar-refractivity contribution in [2.45, 2.75) is 52.5 Å². The standard InChI is InChI=1S/C19H27NO2Si2/c1-8-18(21)20-17-11-14-12-22-13-16(14)15(9-10-23(2,3)4)19(17)24(5,6)7/h8,11H,1,12-13H2,2-7H3,(H,20,21). The number of carbonyl (C=O) groups is 1. The molecule has 0 atom stereocenters. The van der Waals surface area contributed by atoms with Gasteiger partial charge in [0.15, 0.2) is 0 Å². The molecule has 5 heteroatoms. The number of benzene rings is 1. The summed E-state index contributed by atoms with van der Waals surface area (Å²) in [7, 11) is -3.23. The van der Waals surface area contributed by atoms with E-state index in [1.807, 2.05) is 0 Å². The van der Waals surface area contributed by atoms with Gasteiger partial charge >= 0.3 is 0 Å². The third-order valence-electron chi connectivity index (χ3n) is 3.79. The van der Waals surface area contributed by atoms with E-state index < -0.39 is 16.1 Å². The zero-order chi connectivity index (χ0) is 18.1. The highest BCUT2D eigenvalue weighted by Crippen LogP contribution is 2.28. The van der Waals surface area contributed by atoms with Crippen molar-refractivity contribution in [3.63, 3.8) is 0 Å². The van der Waals surface area contributed by atoms with Crippen LogP contribution in [0.4, 0.5) is 5.69 Å². The molecule has 1 heterocycles. The lowest BCUT2D eigenvalue weighted by Gasteiger charge is -2.25. The van der Waals surface area contributed by atoms with Crippen molar-refractivity contribution in [1.29, 1.82) is 0 Å². The SMILES string of the molecule is C=CC(=O)Nc1cc2c(c(C#C[Si](C)(C)C)c1[Si](C)(C)C)COC2. The lowest BCUT2D eigenvalue weighted by atomic mass is 10.0. The number of rotatable bonds is 3. The largest absolute Gasteiger partial charge is 0.372 e. The van der Waals surface area contributed by atoms with Gasteiger partial charge in [-0.1, -0.05) is 51.8 Å². The lowest BCUT2D eigenvalue weighted by molar-refractivity contribution is -0.111. The molecule has 0 fully saturated rings. The van der Waals surface area contributed by atoms with E-state index in [0.717, 1.165) is 16.8 Å². The Morgan fingerprint density at radius 1 is 1.25 bits per heavy atom. The van der Waals surface area contributed by atoms with E-state index in [4.69, 9.17) is 4.74 Å². The first kappa shape index (κ1) is 18.7. The Morgan fingerprint density at radius 2 is 1.92 bits per heavy atom. The second-order valence-electron chi connectivity index (χ2n) is 8.25. The van der Waals surface area contributed by atoms with Crippen LogP contribution < -0.4 is 10.5 Å². The van der Waals surface area contributed by atoms with Gasteiger partial charge in [-0.15, -0.1) is 5.54 Å². The summed E-state index contributed by atoms with van der Waals surface area (Å²) in [5, 5.41) is 4.22. The molecule has 0 aromatic heterocycles. The van der Waals surface area contributed by atoms with Crippen LogP contribution in [0.1, 0.15) is 16.7 Å². The predicted octanol–water partition coefficient (Wildman–Crippen LogP) is 3.62. The first-order valence-corrected chi connectivity index (χ1v) is 15.3. The molecule has 0 bridgehead atoms. The van der Waals surface area contributed by atoms with Crippen LogP contribution in [0.5, 0.6) is 0 Å². The molecule has 1 aromatic rings. The fraction of sp³-hybridized carbons (Fsp3) is 0.421. The van der Waals surface area contributed by atoms with Crippen LogP contribution in [0.15, 0.2) is 18.7 Å². The molecule has 3 nitrogen and oxygen atoms in total. The average Bonchev–Trinajstić information content (AvgIpc) is 2.90. The fourth-order valence-electron chi connectivity index (χ4n) is 2.79. The zero-order valence-corrected chi connectivity index (χ0v) is 17.6. The van der Waals surface area contributed by atoms with Crippen LogP contribution in [-0.4, -0.2) is 22.1 Å². The molecule has 0 saturated heterocycles. The summed E-state index contributed by atoms with van der Waals surface area (Å²) in [6.45, 7) is 18.3. The van der Waals surface area contributed by atoms with Crippen molar-refractivity contribution in [3.8, 4) is 11.5 Å². The van der Waals surface area contributed by atoms with Gasteiger partial charge in [-0.05, 0) is 28.5 Å². The van der Waals surface area contributed by atoms with Gasteiger partial charge in [0, 0.05) is 11.3 Å². The Hall–Kier alpha value is -1.62. The van der Waals surface area contributed by atoms with E-state index in [9.17, 15) is 4.79 Å². The molecule has 24 heavy (non-hydrogen) atoms. The number of carbonyl (C=O) groups excluding carboxylic acids is 1. The first-order chi connectivity index (χ1) is 11.0. The number of nitrogens with one attached hydrogen (secondary N) is 1. The second kappa shape index (κ2) is 6.71. The number of hydrogen-bond donors (Lipinski definition) is 1. The van der Waals surface area contributed by atoms with Crippen LogP contribution in [-0.2, 0) is 22.7 Å². The van der Waals surface area contributed by atoms with Crippen LogP contribution in [0.25, 0.3) is 0 Å². The highest BCUT2D eigenvalue weighted by Gasteiger charge is 2.29. The maximum absolute atomic E-state index is 11.9. The maximum Gasteiger partial charge on any atom is 0.247 e. The number of ether oxygens (including phenoxy) is 1. The summed E-state index contributed by atoms with van der Waals surface area (Å²) in [6, 6.07) is 2.07. The molecule has 0 spiro atoms. The highest BCUT2D eigenvalue weighted by molar-refractivity contribution is 6.90. The Kier molecular flexibility index (Phi) is 5.23. The molecular formula is C19H27NO2Si2. The van der Waals surface area contributed by atoms with Crippen molar-refractivity contribution in [2.24, 2.45) is 0 Å². The lowest BCUT2D eigenvalue weighted by Crippen LogP contribution is -2.42. The van der Waals surface area contributed by atoms with Gasteiger partial charge in [0.25, 0.3) is 0 Å². The van der Waals surface area contributed by atoms with E-state index in [1.54, 1.807) is 0 Å². The van der Waals surface area contributed by atoms with Crippen LogP contribution >= 0.6 is 0 Å². The van der Waals surface area contributed by atoms with Crippen molar-refractivity contribution in [3.05, 3.63) is 35.4 Å². The van der Waals surface area contributed by atoms with E-state index in [1.165, 1.54) is 16.8 Å². The van der Waals surface area contributed by atoms with E-state index in [2.05, 4.69) is 68.7 Å². The molecule has 2 rings (SSSR count). The molecule has 1 aliphatic rings.